The van der Waals surface area contributed by atoms with Crippen LogP contribution in [0.5, 0.6) is 0 Å². The molecule has 0 aliphatic rings. The minimum Gasteiger partial charge on any atom is -0.465 e. The summed E-state index contributed by atoms with van der Waals surface area (Å²) >= 11 is 6.01. The van der Waals surface area contributed by atoms with Gasteiger partial charge in [0.25, 0.3) is 10.0 Å². The number of hydrogen-bond donors (Lipinski definition) is 2. The van der Waals surface area contributed by atoms with Crippen molar-refractivity contribution in [1.29, 1.82) is 0 Å². The van der Waals surface area contributed by atoms with Crippen molar-refractivity contribution in [3.05, 3.63) is 45.9 Å². The molecule has 21 heavy (non-hydrogen) atoms. The average molecular weight is 329 g/mol. The molecule has 2 aromatic rings. The fourth-order valence-electron chi connectivity index (χ4n) is 2.21. The first-order valence-corrected chi connectivity index (χ1v) is 8.21. The van der Waals surface area contributed by atoms with Crippen molar-refractivity contribution in [1.82, 2.24) is 0 Å². The lowest BCUT2D eigenvalue weighted by atomic mass is 10.2. The molecule has 114 valence electrons. The molecule has 0 aliphatic carbocycles. The highest BCUT2D eigenvalue weighted by Gasteiger charge is 2.26. The largest absolute Gasteiger partial charge is 0.465 e. The summed E-state index contributed by atoms with van der Waals surface area (Å²) < 4.78 is 33.2. The van der Waals surface area contributed by atoms with E-state index in [4.69, 9.17) is 21.8 Å². The van der Waals surface area contributed by atoms with E-state index >= 15 is 0 Å². The molecule has 0 saturated carbocycles. The summed E-state index contributed by atoms with van der Waals surface area (Å²) in [6.45, 7) is 5.13. The van der Waals surface area contributed by atoms with E-state index in [1.54, 1.807) is 39.0 Å². The van der Waals surface area contributed by atoms with Gasteiger partial charge in [0.05, 0.1) is 5.69 Å². The zero-order chi connectivity index (χ0) is 15.8. The van der Waals surface area contributed by atoms with Crippen LogP contribution in [0.1, 0.15) is 22.6 Å². The Bertz CT molecular complexity index is 782. The number of halogens is 1. The van der Waals surface area contributed by atoms with Crippen LogP contribution in [0.15, 0.2) is 27.5 Å². The fraction of sp³-hybridized carbons (Fsp3) is 0.286. The van der Waals surface area contributed by atoms with Crippen molar-refractivity contribution in [2.75, 3.05) is 4.72 Å². The van der Waals surface area contributed by atoms with Crippen molar-refractivity contribution in [2.24, 2.45) is 5.73 Å². The van der Waals surface area contributed by atoms with Crippen LogP contribution in [0.3, 0.4) is 0 Å². The van der Waals surface area contributed by atoms with Gasteiger partial charge in [-0.3, -0.25) is 4.72 Å². The van der Waals surface area contributed by atoms with Gasteiger partial charge in [-0.15, -0.1) is 0 Å². The topological polar surface area (TPSA) is 85.3 Å². The van der Waals surface area contributed by atoms with E-state index in [9.17, 15) is 8.42 Å². The number of nitrogens with two attached hydrogens (primary N) is 1. The first kappa shape index (κ1) is 15.9. The molecule has 0 spiro atoms. The first-order chi connectivity index (χ1) is 9.77. The van der Waals surface area contributed by atoms with Gasteiger partial charge in [0.15, 0.2) is 0 Å². The molecule has 0 fully saturated rings. The molecule has 2 rings (SSSR count). The molecule has 1 aromatic carbocycles. The molecule has 1 aromatic heterocycles. The fourth-order valence-corrected chi connectivity index (χ4v) is 3.97. The number of furan rings is 1. The van der Waals surface area contributed by atoms with Crippen molar-refractivity contribution in [2.45, 2.75) is 32.2 Å². The molecule has 0 amide bonds. The maximum atomic E-state index is 12.6. The Kier molecular flexibility index (Phi) is 4.32. The third-order valence-electron chi connectivity index (χ3n) is 3.31. The lowest BCUT2D eigenvalue weighted by Crippen LogP contribution is -2.17. The molecule has 0 atom stereocenters. The SMILES string of the molecule is Cc1oc(C)c(S(=O)(=O)Nc2cccc(Cl)c2C)c1CN. The summed E-state index contributed by atoms with van der Waals surface area (Å²) in [7, 11) is -3.79. The van der Waals surface area contributed by atoms with E-state index in [0.29, 0.717) is 33.4 Å². The van der Waals surface area contributed by atoms with Crippen LogP contribution in [0.4, 0.5) is 5.69 Å². The van der Waals surface area contributed by atoms with Crippen LogP contribution in [0.2, 0.25) is 5.02 Å². The second-order valence-electron chi connectivity index (χ2n) is 4.74. The van der Waals surface area contributed by atoms with Gasteiger partial charge in [0, 0.05) is 17.1 Å². The van der Waals surface area contributed by atoms with Crippen molar-refractivity contribution in [3.8, 4) is 0 Å². The molecule has 0 radical (unpaired) electrons. The Morgan fingerprint density at radius 3 is 2.52 bits per heavy atom. The molecular weight excluding hydrogens is 312 g/mol. The minimum absolute atomic E-state index is 0.0912. The highest BCUT2D eigenvalue weighted by atomic mass is 35.5. The molecule has 0 bridgehead atoms. The summed E-state index contributed by atoms with van der Waals surface area (Å²) in [5.74, 6) is 0.832. The number of hydrogen-bond acceptors (Lipinski definition) is 4. The van der Waals surface area contributed by atoms with Gasteiger partial charge >= 0.3 is 0 Å². The van der Waals surface area contributed by atoms with Crippen LogP contribution in [-0.4, -0.2) is 8.42 Å². The van der Waals surface area contributed by atoms with E-state index < -0.39 is 10.0 Å². The lowest BCUT2D eigenvalue weighted by Gasteiger charge is -2.12. The maximum absolute atomic E-state index is 12.6. The van der Waals surface area contributed by atoms with Gasteiger partial charge in [-0.25, -0.2) is 8.42 Å². The normalized spacial score (nSPS) is 11.7. The van der Waals surface area contributed by atoms with E-state index in [0.717, 1.165) is 0 Å². The van der Waals surface area contributed by atoms with Crippen molar-refractivity contribution in [3.63, 3.8) is 0 Å². The lowest BCUT2D eigenvalue weighted by molar-refractivity contribution is 0.494. The maximum Gasteiger partial charge on any atom is 0.265 e. The predicted octanol–water partition coefficient (Wildman–Crippen LogP) is 3.12. The summed E-state index contributed by atoms with van der Waals surface area (Å²) in [6, 6.07) is 5.04. The monoisotopic (exact) mass is 328 g/mol. The van der Waals surface area contributed by atoms with Gasteiger partial charge < -0.3 is 10.2 Å². The van der Waals surface area contributed by atoms with Gasteiger partial charge in [-0.2, -0.15) is 0 Å². The molecule has 5 nitrogen and oxygen atoms in total. The molecule has 0 unspecified atom stereocenters. The third kappa shape index (κ3) is 2.92. The predicted molar refractivity (Wildman–Crippen MR) is 83.1 cm³/mol. The molecule has 7 heteroatoms. The second-order valence-corrected chi connectivity index (χ2v) is 6.77. The van der Waals surface area contributed by atoms with E-state index in [1.165, 1.54) is 0 Å². The number of anilines is 1. The summed E-state index contributed by atoms with van der Waals surface area (Å²) in [6.07, 6.45) is 0. The van der Waals surface area contributed by atoms with Crippen molar-refractivity contribution >= 4 is 27.3 Å². The number of aryl methyl sites for hydroxylation is 2. The molecule has 0 aliphatic heterocycles. The van der Waals surface area contributed by atoms with E-state index in [-0.39, 0.29) is 11.4 Å². The molecule has 3 N–H and O–H groups in total. The van der Waals surface area contributed by atoms with E-state index in [2.05, 4.69) is 4.72 Å². The Hall–Kier alpha value is -1.50. The summed E-state index contributed by atoms with van der Waals surface area (Å²) in [4.78, 5) is 0.0990. The van der Waals surface area contributed by atoms with Gasteiger partial charge in [0.2, 0.25) is 0 Å². The standard InChI is InChI=1S/C14H17ClN2O3S/c1-8-12(15)5-4-6-13(8)17-21(18,19)14-10(3)20-9(2)11(14)7-16/h4-6,17H,7,16H2,1-3H3. The van der Waals surface area contributed by atoms with Gasteiger partial charge in [-0.05, 0) is 38.5 Å². The zero-order valence-electron chi connectivity index (χ0n) is 12.0. The van der Waals surface area contributed by atoms with Crippen LogP contribution < -0.4 is 10.5 Å². The van der Waals surface area contributed by atoms with Crippen LogP contribution in [0, 0.1) is 20.8 Å². The molecule has 0 saturated heterocycles. The highest BCUT2D eigenvalue weighted by Crippen LogP contribution is 2.30. The van der Waals surface area contributed by atoms with Crippen LogP contribution in [-0.2, 0) is 16.6 Å². The average Bonchev–Trinajstić information content (AvgIpc) is 2.69. The second kappa shape index (κ2) is 5.71. The Morgan fingerprint density at radius 1 is 1.24 bits per heavy atom. The zero-order valence-corrected chi connectivity index (χ0v) is 13.6. The smallest absolute Gasteiger partial charge is 0.265 e. The minimum atomic E-state index is -3.79. The highest BCUT2D eigenvalue weighted by molar-refractivity contribution is 7.92. The Morgan fingerprint density at radius 2 is 1.90 bits per heavy atom. The Labute approximate surface area is 129 Å². The Balaban J connectivity index is 2.51. The van der Waals surface area contributed by atoms with Gasteiger partial charge in [0.1, 0.15) is 16.4 Å². The molecular formula is C14H17ClN2O3S. The van der Waals surface area contributed by atoms with Crippen molar-refractivity contribution < 1.29 is 12.8 Å². The number of sulfonamides is 1. The van der Waals surface area contributed by atoms with Gasteiger partial charge in [-0.1, -0.05) is 17.7 Å². The number of nitrogens with one attached hydrogen (secondary N) is 1. The number of benzene rings is 1. The summed E-state index contributed by atoms with van der Waals surface area (Å²) in [5.41, 5.74) is 7.22. The third-order valence-corrected chi connectivity index (χ3v) is 5.28. The van der Waals surface area contributed by atoms with Crippen LogP contribution in [0.25, 0.3) is 0 Å². The number of rotatable bonds is 4. The molecule has 1 heterocycles. The quantitative estimate of drug-likeness (QED) is 0.903. The van der Waals surface area contributed by atoms with Crippen LogP contribution >= 0.6 is 11.6 Å². The first-order valence-electron chi connectivity index (χ1n) is 6.34. The van der Waals surface area contributed by atoms with E-state index in [1.807, 2.05) is 0 Å². The summed E-state index contributed by atoms with van der Waals surface area (Å²) in [5, 5.41) is 0.495.